The van der Waals surface area contributed by atoms with Crippen molar-refractivity contribution in [1.29, 1.82) is 0 Å². The van der Waals surface area contributed by atoms with E-state index in [0.717, 1.165) is 12.2 Å². The predicted octanol–water partition coefficient (Wildman–Crippen LogP) is 3.37. The van der Waals surface area contributed by atoms with Crippen LogP contribution in [0.15, 0.2) is 42.7 Å². The number of nitrogens with one attached hydrogen (secondary N) is 1. The van der Waals surface area contributed by atoms with Crippen LogP contribution in [0.2, 0.25) is 10.0 Å². The highest BCUT2D eigenvalue weighted by molar-refractivity contribution is 6.37. The molecule has 0 atom stereocenters. The number of carbonyl (C=O) groups excluding carboxylic acids is 1. The highest BCUT2D eigenvalue weighted by Gasteiger charge is 2.12. The molecule has 0 spiro atoms. The summed E-state index contributed by atoms with van der Waals surface area (Å²) in [4.78, 5) is 12.2. The first kappa shape index (κ1) is 18.3. The molecule has 0 saturated carbocycles. The average Bonchev–Trinajstić information content (AvgIpc) is 3.28. The fourth-order valence-electron chi connectivity index (χ4n) is 2.36. The van der Waals surface area contributed by atoms with Crippen molar-refractivity contribution >= 4 is 29.1 Å². The Labute approximate surface area is 160 Å². The molecule has 2 heterocycles. The monoisotopic (exact) mass is 393 g/mol. The van der Waals surface area contributed by atoms with Crippen molar-refractivity contribution in [1.82, 2.24) is 24.9 Å². The van der Waals surface area contributed by atoms with Gasteiger partial charge < -0.3 is 10.1 Å². The van der Waals surface area contributed by atoms with Gasteiger partial charge in [0.15, 0.2) is 12.5 Å². The lowest BCUT2D eigenvalue weighted by Gasteiger charge is -2.09. The van der Waals surface area contributed by atoms with Crippen molar-refractivity contribution in [3.8, 4) is 5.75 Å². The van der Waals surface area contributed by atoms with Crippen molar-refractivity contribution in [2.75, 3.05) is 0 Å². The van der Waals surface area contributed by atoms with E-state index in [1.54, 1.807) is 36.7 Å². The van der Waals surface area contributed by atoms with Gasteiger partial charge in [-0.25, -0.2) is 4.68 Å². The number of aromatic nitrogens is 4. The van der Waals surface area contributed by atoms with E-state index in [1.807, 2.05) is 17.7 Å². The number of ether oxygens (including phenoxy) is 1. The van der Waals surface area contributed by atoms with E-state index in [4.69, 9.17) is 27.9 Å². The molecule has 3 rings (SSSR count). The molecule has 0 aliphatic heterocycles. The smallest absolute Gasteiger partial charge is 0.272 e. The van der Waals surface area contributed by atoms with E-state index >= 15 is 0 Å². The van der Waals surface area contributed by atoms with Crippen LogP contribution < -0.4 is 10.1 Å². The van der Waals surface area contributed by atoms with E-state index in [0.29, 0.717) is 28.0 Å². The molecule has 136 valence electrons. The average molecular weight is 394 g/mol. The number of benzene rings is 1. The molecule has 1 amide bonds. The number of halogens is 2. The minimum atomic E-state index is -0.275. The summed E-state index contributed by atoms with van der Waals surface area (Å²) in [5.74, 6) is 0.105. The molecule has 0 aliphatic rings. The minimum absolute atomic E-state index is 0.0827. The third-order valence-corrected chi connectivity index (χ3v) is 4.26. The third kappa shape index (κ3) is 4.17. The normalized spacial score (nSPS) is 10.7. The molecule has 0 bridgehead atoms. The molecular formula is C17H17Cl2N5O2. The number of amides is 1. The van der Waals surface area contributed by atoms with Gasteiger partial charge in [-0.15, -0.1) is 0 Å². The minimum Gasteiger partial charge on any atom is -0.468 e. The molecule has 1 N–H and O–H groups in total. The van der Waals surface area contributed by atoms with Gasteiger partial charge in [-0.1, -0.05) is 29.3 Å². The number of rotatable bonds is 7. The lowest BCUT2D eigenvalue weighted by molar-refractivity contribution is 0.0943. The molecule has 0 saturated heterocycles. The van der Waals surface area contributed by atoms with Gasteiger partial charge in [0.25, 0.3) is 5.91 Å². The van der Waals surface area contributed by atoms with E-state index in [2.05, 4.69) is 15.5 Å². The van der Waals surface area contributed by atoms with Crippen LogP contribution in [-0.2, 0) is 19.8 Å². The Morgan fingerprint density at radius 3 is 2.73 bits per heavy atom. The SMILES string of the molecule is CCn1nccc1CNC(=O)c1ccn(COc2c(Cl)cccc2Cl)n1. The summed E-state index contributed by atoms with van der Waals surface area (Å²) in [7, 11) is 0. The Kier molecular flexibility index (Phi) is 5.80. The summed E-state index contributed by atoms with van der Waals surface area (Å²) in [5.41, 5.74) is 1.22. The zero-order chi connectivity index (χ0) is 18.5. The van der Waals surface area contributed by atoms with Crippen LogP contribution in [0.1, 0.15) is 23.1 Å². The van der Waals surface area contributed by atoms with Gasteiger partial charge in [-0.2, -0.15) is 10.2 Å². The number of hydrogen-bond acceptors (Lipinski definition) is 4. The van der Waals surface area contributed by atoms with Gasteiger partial charge in [0.05, 0.1) is 22.3 Å². The Hall–Kier alpha value is -2.51. The molecule has 9 heteroatoms. The van der Waals surface area contributed by atoms with Gasteiger partial charge in [0.2, 0.25) is 0 Å². The van der Waals surface area contributed by atoms with Crippen LogP contribution in [0.25, 0.3) is 0 Å². The molecule has 7 nitrogen and oxygen atoms in total. The summed E-state index contributed by atoms with van der Waals surface area (Å²) >= 11 is 12.1. The lowest BCUT2D eigenvalue weighted by atomic mass is 10.3. The van der Waals surface area contributed by atoms with Gasteiger partial charge in [0.1, 0.15) is 5.69 Å². The molecule has 1 aromatic carbocycles. The first-order valence-electron chi connectivity index (χ1n) is 7.97. The maximum absolute atomic E-state index is 12.2. The molecule has 0 radical (unpaired) electrons. The highest BCUT2D eigenvalue weighted by atomic mass is 35.5. The maximum atomic E-state index is 12.2. The summed E-state index contributed by atoms with van der Waals surface area (Å²) < 4.78 is 8.90. The van der Waals surface area contributed by atoms with Crippen LogP contribution in [0.3, 0.4) is 0 Å². The van der Waals surface area contributed by atoms with Crippen LogP contribution in [0.5, 0.6) is 5.75 Å². The Morgan fingerprint density at radius 2 is 2.00 bits per heavy atom. The molecule has 26 heavy (non-hydrogen) atoms. The van der Waals surface area contributed by atoms with E-state index in [9.17, 15) is 4.79 Å². The van der Waals surface area contributed by atoms with Gasteiger partial charge in [0, 0.05) is 18.9 Å². The molecular weight excluding hydrogens is 377 g/mol. The first-order chi connectivity index (χ1) is 12.6. The van der Waals surface area contributed by atoms with E-state index < -0.39 is 0 Å². The van der Waals surface area contributed by atoms with Gasteiger partial charge in [-0.3, -0.25) is 9.48 Å². The fourth-order valence-corrected chi connectivity index (χ4v) is 2.87. The number of aryl methyl sites for hydroxylation is 1. The summed E-state index contributed by atoms with van der Waals surface area (Å²) in [6.45, 7) is 3.20. The largest absolute Gasteiger partial charge is 0.468 e. The molecule has 0 fully saturated rings. The topological polar surface area (TPSA) is 74.0 Å². The fraction of sp³-hybridized carbons (Fsp3) is 0.235. The van der Waals surface area contributed by atoms with Crippen molar-refractivity contribution in [2.45, 2.75) is 26.7 Å². The maximum Gasteiger partial charge on any atom is 0.272 e. The molecule has 2 aromatic heterocycles. The van der Waals surface area contributed by atoms with Crippen LogP contribution >= 0.6 is 23.2 Å². The highest BCUT2D eigenvalue weighted by Crippen LogP contribution is 2.32. The van der Waals surface area contributed by atoms with Gasteiger partial charge in [-0.05, 0) is 31.2 Å². The second kappa shape index (κ2) is 8.25. The molecule has 0 aliphatic carbocycles. The summed E-state index contributed by atoms with van der Waals surface area (Å²) in [6.07, 6.45) is 3.35. The van der Waals surface area contributed by atoms with Crippen molar-refractivity contribution < 1.29 is 9.53 Å². The lowest BCUT2D eigenvalue weighted by Crippen LogP contribution is -2.25. The second-order valence-corrected chi connectivity index (χ2v) is 6.20. The Morgan fingerprint density at radius 1 is 1.23 bits per heavy atom. The predicted molar refractivity (Wildman–Crippen MR) is 98.4 cm³/mol. The summed E-state index contributed by atoms with van der Waals surface area (Å²) in [5, 5.41) is 12.0. The standard InChI is InChI=1S/C17H17Cl2N5O2/c1-2-24-12(6-8-21-24)10-20-17(25)15-7-9-23(22-15)11-26-16-13(18)4-3-5-14(16)19/h3-9H,2,10-11H2,1H3,(H,20,25). The van der Waals surface area contributed by atoms with Crippen molar-refractivity contribution in [3.63, 3.8) is 0 Å². The van der Waals surface area contributed by atoms with Crippen molar-refractivity contribution in [3.05, 3.63) is 64.2 Å². The second-order valence-electron chi connectivity index (χ2n) is 5.39. The van der Waals surface area contributed by atoms with Crippen LogP contribution in [0.4, 0.5) is 0 Å². The number of para-hydroxylation sites is 1. The number of hydrogen-bond donors (Lipinski definition) is 1. The van der Waals surface area contributed by atoms with Crippen molar-refractivity contribution in [2.24, 2.45) is 0 Å². The first-order valence-corrected chi connectivity index (χ1v) is 8.73. The molecule has 0 unspecified atom stereocenters. The number of nitrogens with zero attached hydrogens (tertiary/aromatic N) is 4. The van der Waals surface area contributed by atoms with Crippen LogP contribution in [-0.4, -0.2) is 25.5 Å². The van der Waals surface area contributed by atoms with Crippen LogP contribution in [0, 0.1) is 0 Å². The quantitative estimate of drug-likeness (QED) is 0.667. The Bertz CT molecular complexity index is 886. The number of carbonyl (C=O) groups is 1. The summed E-state index contributed by atoms with van der Waals surface area (Å²) in [6, 6.07) is 8.59. The van der Waals surface area contributed by atoms with E-state index in [-0.39, 0.29) is 12.6 Å². The molecule has 3 aromatic rings. The zero-order valence-electron chi connectivity index (χ0n) is 14.0. The third-order valence-electron chi connectivity index (χ3n) is 3.67. The Balaban J connectivity index is 1.58. The van der Waals surface area contributed by atoms with Gasteiger partial charge >= 0.3 is 0 Å². The zero-order valence-corrected chi connectivity index (χ0v) is 15.5. The van der Waals surface area contributed by atoms with E-state index in [1.165, 1.54) is 4.68 Å².